The molecule has 0 aliphatic rings. The molecule has 0 bridgehead atoms. The van der Waals surface area contributed by atoms with Crippen LogP contribution in [0.3, 0.4) is 0 Å². The molecule has 0 radical (unpaired) electrons. The van der Waals surface area contributed by atoms with Crippen molar-refractivity contribution < 1.29 is 14.4 Å². The number of carbonyl (C=O) groups excluding carboxylic acids is 2. The van der Waals surface area contributed by atoms with Gasteiger partial charge in [0.2, 0.25) is 0 Å². The van der Waals surface area contributed by atoms with Crippen molar-refractivity contribution >= 4 is 29.3 Å². The van der Waals surface area contributed by atoms with Crippen LogP contribution < -0.4 is 5.48 Å². The van der Waals surface area contributed by atoms with E-state index >= 15 is 0 Å². The van der Waals surface area contributed by atoms with E-state index in [1.165, 1.54) is 6.08 Å². The summed E-state index contributed by atoms with van der Waals surface area (Å²) in [4.78, 5) is 28.7. The van der Waals surface area contributed by atoms with Gasteiger partial charge in [-0.3, -0.25) is 4.79 Å². The van der Waals surface area contributed by atoms with Gasteiger partial charge in [0.05, 0.1) is 11.4 Å². The van der Waals surface area contributed by atoms with Gasteiger partial charge >= 0.3 is 5.97 Å². The van der Waals surface area contributed by atoms with E-state index in [0.717, 1.165) is 11.1 Å². The molecule has 0 saturated carbocycles. The number of azo groups is 1. The second-order valence-electron chi connectivity index (χ2n) is 6.19. The number of carbonyl (C=O) groups is 2. The molecule has 3 rings (SSSR count). The Morgan fingerprint density at radius 3 is 2.28 bits per heavy atom. The summed E-state index contributed by atoms with van der Waals surface area (Å²) in [5.74, 6) is -0.937. The number of nitrogens with zero attached hydrogens (tertiary/aromatic N) is 2. The van der Waals surface area contributed by atoms with Crippen LogP contribution in [0.2, 0.25) is 0 Å². The molecule has 0 unspecified atom stereocenters. The van der Waals surface area contributed by atoms with Crippen LogP contribution in [0, 0.1) is 6.92 Å². The fourth-order valence-electron chi connectivity index (χ4n) is 2.32. The molecule has 3 aromatic rings. The highest BCUT2D eigenvalue weighted by molar-refractivity contribution is 5.94. The van der Waals surface area contributed by atoms with Crippen LogP contribution in [0.25, 0.3) is 6.08 Å². The van der Waals surface area contributed by atoms with E-state index in [9.17, 15) is 9.59 Å². The van der Waals surface area contributed by atoms with E-state index in [-0.39, 0.29) is 0 Å². The molecule has 0 aromatic heterocycles. The molecular formula is C23H19N3O3. The fraction of sp³-hybridized carbons (Fsp3) is 0.0435. The summed E-state index contributed by atoms with van der Waals surface area (Å²) in [6, 6.07) is 23.2. The lowest BCUT2D eigenvalue weighted by Gasteiger charge is -2.04. The number of hydrogen-bond donors (Lipinski definition) is 1. The minimum atomic E-state index is -0.527. The first-order valence-corrected chi connectivity index (χ1v) is 8.93. The molecule has 0 heterocycles. The number of benzene rings is 3. The van der Waals surface area contributed by atoms with Crippen LogP contribution in [0.1, 0.15) is 21.5 Å². The zero-order valence-corrected chi connectivity index (χ0v) is 15.8. The molecule has 1 N–H and O–H groups in total. The van der Waals surface area contributed by atoms with Gasteiger partial charge in [-0.25, -0.2) is 10.3 Å². The minimum Gasteiger partial charge on any atom is -0.339 e. The maximum Gasteiger partial charge on any atom is 0.355 e. The Bertz CT molecular complexity index is 1030. The third kappa shape index (κ3) is 6.25. The molecule has 1 amide bonds. The normalized spacial score (nSPS) is 10.9. The van der Waals surface area contributed by atoms with E-state index in [1.54, 1.807) is 42.5 Å². The Balaban J connectivity index is 1.50. The van der Waals surface area contributed by atoms with Crippen LogP contribution in [-0.2, 0) is 9.63 Å². The van der Waals surface area contributed by atoms with Crippen molar-refractivity contribution in [2.75, 3.05) is 5.48 Å². The predicted molar refractivity (Wildman–Crippen MR) is 112 cm³/mol. The summed E-state index contributed by atoms with van der Waals surface area (Å²) in [5.41, 5.74) is 6.08. The Hall–Kier alpha value is -4.06. The molecule has 0 aliphatic heterocycles. The highest BCUT2D eigenvalue weighted by Crippen LogP contribution is 2.17. The van der Waals surface area contributed by atoms with Gasteiger partial charge in [-0.2, -0.15) is 0 Å². The lowest BCUT2D eigenvalue weighted by molar-refractivity contribution is -0.134. The Morgan fingerprint density at radius 2 is 1.59 bits per heavy atom. The van der Waals surface area contributed by atoms with Gasteiger partial charge in [0.25, 0.3) is 5.91 Å². The summed E-state index contributed by atoms with van der Waals surface area (Å²) in [5, 5.41) is 7.66. The largest absolute Gasteiger partial charge is 0.355 e. The van der Waals surface area contributed by atoms with Gasteiger partial charge < -0.3 is 4.84 Å². The van der Waals surface area contributed by atoms with E-state index < -0.39 is 11.9 Å². The van der Waals surface area contributed by atoms with E-state index in [4.69, 9.17) is 4.84 Å². The fourth-order valence-corrected chi connectivity index (χ4v) is 2.32. The zero-order valence-electron chi connectivity index (χ0n) is 15.8. The molecule has 144 valence electrons. The van der Waals surface area contributed by atoms with E-state index in [1.807, 2.05) is 49.4 Å². The summed E-state index contributed by atoms with van der Waals surface area (Å²) in [6.07, 6.45) is 3.00. The molecule has 0 spiro atoms. The minimum absolute atomic E-state index is 0.411. The molecule has 0 aliphatic carbocycles. The molecular weight excluding hydrogens is 366 g/mol. The van der Waals surface area contributed by atoms with E-state index in [2.05, 4.69) is 15.7 Å². The van der Waals surface area contributed by atoms with Crippen LogP contribution in [-0.4, -0.2) is 11.9 Å². The topological polar surface area (TPSA) is 80.1 Å². The highest BCUT2D eigenvalue weighted by Gasteiger charge is 2.03. The Kier molecular flexibility index (Phi) is 6.62. The summed E-state index contributed by atoms with van der Waals surface area (Å²) in [7, 11) is 0. The molecule has 3 aromatic carbocycles. The summed E-state index contributed by atoms with van der Waals surface area (Å²) in [6.45, 7) is 1.95. The highest BCUT2D eigenvalue weighted by atomic mass is 16.7. The van der Waals surface area contributed by atoms with Crippen LogP contribution in [0.4, 0.5) is 11.4 Å². The average molecular weight is 385 g/mol. The smallest absolute Gasteiger partial charge is 0.339 e. The van der Waals surface area contributed by atoms with Crippen molar-refractivity contribution in [3.8, 4) is 0 Å². The van der Waals surface area contributed by atoms with Crippen molar-refractivity contribution in [3.63, 3.8) is 0 Å². The lowest BCUT2D eigenvalue weighted by Crippen LogP contribution is -2.07. The van der Waals surface area contributed by atoms with Gasteiger partial charge in [-0.05, 0) is 55.0 Å². The average Bonchev–Trinajstić information content (AvgIpc) is 2.76. The lowest BCUT2D eigenvalue weighted by atomic mass is 10.1. The monoisotopic (exact) mass is 385 g/mol. The van der Waals surface area contributed by atoms with Crippen LogP contribution in [0.15, 0.2) is 95.2 Å². The van der Waals surface area contributed by atoms with Crippen molar-refractivity contribution in [2.45, 2.75) is 6.92 Å². The van der Waals surface area contributed by atoms with Crippen molar-refractivity contribution in [1.82, 2.24) is 0 Å². The third-order valence-corrected chi connectivity index (χ3v) is 3.90. The zero-order chi connectivity index (χ0) is 20.5. The molecule has 6 heteroatoms. The van der Waals surface area contributed by atoms with Gasteiger partial charge in [0.15, 0.2) is 0 Å². The first-order valence-electron chi connectivity index (χ1n) is 8.93. The predicted octanol–water partition coefficient (Wildman–Crippen LogP) is 5.50. The SMILES string of the molecule is Cc1ccc(C(=O)N=Nc2ccc(NOC(=O)C=Cc3ccccc3)cc2)cc1. The van der Waals surface area contributed by atoms with Crippen LogP contribution >= 0.6 is 0 Å². The molecule has 6 nitrogen and oxygen atoms in total. The summed E-state index contributed by atoms with van der Waals surface area (Å²) >= 11 is 0. The third-order valence-electron chi connectivity index (χ3n) is 3.90. The first-order chi connectivity index (χ1) is 14.1. The first kappa shape index (κ1) is 19.7. The maximum absolute atomic E-state index is 12.0. The molecule has 29 heavy (non-hydrogen) atoms. The maximum atomic E-state index is 12.0. The van der Waals surface area contributed by atoms with Gasteiger partial charge in [-0.1, -0.05) is 48.0 Å². The van der Waals surface area contributed by atoms with Crippen LogP contribution in [0.5, 0.6) is 0 Å². The molecule has 0 fully saturated rings. The van der Waals surface area contributed by atoms with Gasteiger partial charge in [0, 0.05) is 11.6 Å². The molecule has 0 atom stereocenters. The van der Waals surface area contributed by atoms with Crippen molar-refractivity contribution in [1.29, 1.82) is 0 Å². The van der Waals surface area contributed by atoms with E-state index in [0.29, 0.717) is 16.9 Å². The Morgan fingerprint density at radius 1 is 0.897 bits per heavy atom. The Labute approximate surface area is 168 Å². The number of anilines is 1. The summed E-state index contributed by atoms with van der Waals surface area (Å²) < 4.78 is 0. The standard InChI is InChI=1S/C23H19N3O3/c1-17-7-10-19(11-8-17)23(28)25-24-20-12-14-21(15-13-20)26-29-22(27)16-9-18-5-3-2-4-6-18/h2-16,26H,1H3. The van der Waals surface area contributed by atoms with Gasteiger partial charge in [0.1, 0.15) is 0 Å². The van der Waals surface area contributed by atoms with Crippen molar-refractivity contribution in [3.05, 3.63) is 102 Å². The molecule has 0 saturated heterocycles. The second-order valence-corrected chi connectivity index (χ2v) is 6.19. The number of nitrogens with one attached hydrogen (secondary N) is 1. The van der Waals surface area contributed by atoms with Crippen molar-refractivity contribution in [2.24, 2.45) is 10.2 Å². The number of hydrogen-bond acceptors (Lipinski definition) is 5. The number of aryl methyl sites for hydroxylation is 1. The van der Waals surface area contributed by atoms with Gasteiger partial charge in [-0.15, -0.1) is 10.2 Å². The number of rotatable bonds is 6. The number of amides is 1. The second kappa shape index (κ2) is 9.75. The quantitative estimate of drug-likeness (QED) is 0.345.